The van der Waals surface area contributed by atoms with Gasteiger partial charge in [-0.15, -0.1) is 0 Å². The second-order valence-corrected chi connectivity index (χ2v) is 13.4. The van der Waals surface area contributed by atoms with Crippen molar-refractivity contribution in [3.8, 4) is 0 Å². The van der Waals surface area contributed by atoms with E-state index in [2.05, 4.69) is 0 Å². The summed E-state index contributed by atoms with van der Waals surface area (Å²) in [5.41, 5.74) is 0. The van der Waals surface area contributed by atoms with Gasteiger partial charge in [0.2, 0.25) is 0 Å². The summed E-state index contributed by atoms with van der Waals surface area (Å²) in [5.74, 6) is -3.40. The molecule has 52 heavy (non-hydrogen) atoms. The van der Waals surface area contributed by atoms with Crippen LogP contribution in [0.2, 0.25) is 0 Å². The second-order valence-electron chi connectivity index (χ2n) is 13.4. The Bertz CT molecular complexity index is 855. The van der Waals surface area contributed by atoms with Gasteiger partial charge >= 0.3 is 11.9 Å². The third kappa shape index (κ3) is 17.7. The summed E-state index contributed by atoms with van der Waals surface area (Å²) in [6, 6.07) is 0. The fourth-order valence-corrected chi connectivity index (χ4v) is 6.36. The molecule has 0 amide bonds. The first-order chi connectivity index (χ1) is 24.9. The fourth-order valence-electron chi connectivity index (χ4n) is 6.36. The molecule has 1 saturated heterocycles. The topological polar surface area (TPSA) is 163 Å². The van der Waals surface area contributed by atoms with Gasteiger partial charge in [-0.2, -0.15) is 0 Å². The lowest BCUT2D eigenvalue weighted by molar-refractivity contribution is -0.193. The quantitative estimate of drug-likeness (QED) is 0.115. The van der Waals surface area contributed by atoms with Crippen molar-refractivity contribution in [3.63, 3.8) is 0 Å². The lowest BCUT2D eigenvalue weighted by Crippen LogP contribution is -2.47. The minimum Gasteiger partial charge on any atom is -0.462 e. The molecule has 1 fully saturated rings. The molecule has 1 aliphatic rings. The van der Waals surface area contributed by atoms with Gasteiger partial charge in [0, 0.05) is 80.2 Å². The molecule has 0 aromatic carbocycles. The van der Waals surface area contributed by atoms with Crippen molar-refractivity contribution in [1.29, 1.82) is 0 Å². The Labute approximate surface area is 310 Å². The van der Waals surface area contributed by atoms with Crippen LogP contribution in [0.4, 0.5) is 0 Å². The van der Waals surface area contributed by atoms with E-state index in [1.165, 1.54) is 42.7 Å². The second kappa shape index (κ2) is 28.0. The van der Waals surface area contributed by atoms with Crippen LogP contribution in [0, 0.1) is 23.7 Å². The normalized spacial score (nSPS) is 31.2. The summed E-state index contributed by atoms with van der Waals surface area (Å²) >= 11 is 0. The Kier molecular flexibility index (Phi) is 26.1. The van der Waals surface area contributed by atoms with Gasteiger partial charge in [-0.3, -0.25) is 9.59 Å². The molecule has 308 valence electrons. The first-order valence-corrected chi connectivity index (χ1v) is 17.9. The minimum atomic E-state index is -0.775. The first-order valence-electron chi connectivity index (χ1n) is 17.9. The van der Waals surface area contributed by atoms with Crippen LogP contribution in [0.25, 0.3) is 0 Å². The van der Waals surface area contributed by atoms with Gasteiger partial charge in [0.25, 0.3) is 0 Å². The fraction of sp³-hybridized carbons (Fsp3) is 0.944. The molecule has 0 bridgehead atoms. The molecule has 16 nitrogen and oxygen atoms in total. The molecule has 1 aliphatic heterocycles. The van der Waals surface area contributed by atoms with E-state index in [9.17, 15) is 9.59 Å². The van der Waals surface area contributed by atoms with Crippen molar-refractivity contribution in [2.75, 3.05) is 83.4 Å². The summed E-state index contributed by atoms with van der Waals surface area (Å²) in [6.07, 6.45) is -3.59. The van der Waals surface area contributed by atoms with E-state index in [1.54, 1.807) is 13.8 Å². The van der Waals surface area contributed by atoms with E-state index in [-0.39, 0.29) is 65.8 Å². The lowest BCUT2D eigenvalue weighted by atomic mass is 9.84. The molecule has 0 aromatic heterocycles. The van der Waals surface area contributed by atoms with Gasteiger partial charge in [0.1, 0.15) is 53.0 Å². The van der Waals surface area contributed by atoms with E-state index >= 15 is 0 Å². The number of hydrogen-bond acceptors (Lipinski definition) is 16. The summed E-state index contributed by atoms with van der Waals surface area (Å²) in [7, 11) is 9.10. The zero-order valence-corrected chi connectivity index (χ0v) is 33.5. The zero-order valence-electron chi connectivity index (χ0n) is 33.5. The van der Waals surface area contributed by atoms with E-state index in [1.807, 2.05) is 27.7 Å². The average Bonchev–Trinajstić information content (AvgIpc) is 3.12. The highest BCUT2D eigenvalue weighted by Crippen LogP contribution is 2.32. The molecule has 0 saturated carbocycles. The van der Waals surface area contributed by atoms with Crippen LogP contribution in [0.3, 0.4) is 0 Å². The number of carbonyl (C=O) groups excluding carboxylic acids is 2. The lowest BCUT2D eigenvalue weighted by Gasteiger charge is -2.38. The summed E-state index contributed by atoms with van der Waals surface area (Å²) in [5, 5.41) is 0. The van der Waals surface area contributed by atoms with Gasteiger partial charge in [0.15, 0.2) is 0 Å². The van der Waals surface area contributed by atoms with Crippen LogP contribution in [-0.2, 0) is 75.9 Å². The van der Waals surface area contributed by atoms with Gasteiger partial charge in [0.05, 0.1) is 48.5 Å². The standard InChI is InChI=1S/C36H68O16/c1-23(45-17-39-7)13-29-15-31(47-19-41-9)25(3)33(49-21-43-11)28(6)36(38)52-30(14-24(2)46-18-40-8)16-32(48-20-42-10)26(4)34(50-22-44-12)27(5)35(37)51-29/h23-34H,13-22H2,1-12H3/t23-,24-,25+,26+,27+,28+,29+,30+,31+,32+,33+,34+/m1/s1. The maximum absolute atomic E-state index is 14.1. The van der Waals surface area contributed by atoms with Crippen molar-refractivity contribution < 1.29 is 75.9 Å². The van der Waals surface area contributed by atoms with Crippen LogP contribution in [-0.4, -0.2) is 144 Å². The first kappa shape index (κ1) is 48.5. The highest BCUT2D eigenvalue weighted by atomic mass is 16.7. The molecule has 1 heterocycles. The van der Waals surface area contributed by atoms with Gasteiger partial charge in [-0.25, -0.2) is 0 Å². The van der Waals surface area contributed by atoms with Crippen LogP contribution in [0.15, 0.2) is 0 Å². The predicted molar refractivity (Wildman–Crippen MR) is 187 cm³/mol. The van der Waals surface area contributed by atoms with E-state index < -0.39 is 72.2 Å². The number of esters is 2. The van der Waals surface area contributed by atoms with Crippen LogP contribution >= 0.6 is 0 Å². The maximum atomic E-state index is 14.1. The number of cyclic esters (lactones) is 2. The minimum absolute atomic E-state index is 0.0492. The van der Waals surface area contributed by atoms with Crippen molar-refractivity contribution in [2.24, 2.45) is 23.7 Å². The Morgan fingerprint density at radius 1 is 0.519 bits per heavy atom. The molecule has 16 heteroatoms. The maximum Gasteiger partial charge on any atom is 0.311 e. The zero-order chi connectivity index (χ0) is 39.1. The number of hydrogen-bond donors (Lipinski definition) is 0. The molecule has 12 atom stereocenters. The Balaban J connectivity index is 3.83. The Morgan fingerprint density at radius 2 is 0.827 bits per heavy atom. The molecular weight excluding hydrogens is 688 g/mol. The van der Waals surface area contributed by atoms with Gasteiger partial charge in [-0.1, -0.05) is 13.8 Å². The number of methoxy groups -OCH3 is 6. The molecule has 0 aliphatic carbocycles. The highest BCUT2D eigenvalue weighted by Gasteiger charge is 2.42. The van der Waals surface area contributed by atoms with Gasteiger partial charge < -0.3 is 66.3 Å². The molecule has 0 radical (unpaired) electrons. The Morgan fingerprint density at radius 3 is 1.13 bits per heavy atom. The molecule has 0 spiro atoms. The molecule has 0 aromatic rings. The SMILES string of the molecule is COCO[C@H]1[C@@H](C)[C@@H](OCOC)C[C@H](C[C@@H](C)OCOC)OC(=O)[C@@H](C)[C@@H](OCOC)[C@@H](C)[C@@H](OCOC)C[C@H](C[C@@H](C)OCOC)OC(=O)[C@H]1C. The van der Waals surface area contributed by atoms with Crippen LogP contribution in [0.5, 0.6) is 0 Å². The molecular formula is C36H68O16. The Hall–Kier alpha value is -1.54. The number of carbonyl (C=O) groups is 2. The monoisotopic (exact) mass is 756 g/mol. The summed E-state index contributed by atoms with van der Waals surface area (Å²) in [6.45, 7) is 10.9. The predicted octanol–water partition coefficient (Wildman–Crippen LogP) is 3.90. The summed E-state index contributed by atoms with van der Waals surface area (Å²) in [4.78, 5) is 28.2. The van der Waals surface area contributed by atoms with Crippen molar-refractivity contribution in [3.05, 3.63) is 0 Å². The molecule has 0 unspecified atom stereocenters. The van der Waals surface area contributed by atoms with Crippen molar-refractivity contribution in [2.45, 2.75) is 116 Å². The van der Waals surface area contributed by atoms with Crippen molar-refractivity contribution >= 4 is 11.9 Å². The average molecular weight is 757 g/mol. The summed E-state index contributed by atoms with van der Waals surface area (Å²) < 4.78 is 80.1. The van der Waals surface area contributed by atoms with Crippen LogP contribution in [0.1, 0.15) is 67.2 Å². The molecule has 1 rings (SSSR count). The van der Waals surface area contributed by atoms with Gasteiger partial charge in [-0.05, 0) is 27.7 Å². The smallest absolute Gasteiger partial charge is 0.311 e. The van der Waals surface area contributed by atoms with E-state index in [0.29, 0.717) is 12.8 Å². The molecule has 0 N–H and O–H groups in total. The third-order valence-electron chi connectivity index (χ3n) is 9.18. The van der Waals surface area contributed by atoms with E-state index in [0.717, 1.165) is 0 Å². The third-order valence-corrected chi connectivity index (χ3v) is 9.18. The number of rotatable bonds is 22. The van der Waals surface area contributed by atoms with Crippen LogP contribution < -0.4 is 0 Å². The largest absolute Gasteiger partial charge is 0.462 e. The number of ether oxygens (including phenoxy) is 14. The van der Waals surface area contributed by atoms with E-state index in [4.69, 9.17) is 66.3 Å². The van der Waals surface area contributed by atoms with Crippen molar-refractivity contribution in [1.82, 2.24) is 0 Å². The highest BCUT2D eigenvalue weighted by molar-refractivity contribution is 5.73.